The van der Waals surface area contributed by atoms with Crippen molar-refractivity contribution in [3.63, 3.8) is 0 Å². The highest BCUT2D eigenvalue weighted by atomic mass is 35.5. The van der Waals surface area contributed by atoms with E-state index in [4.69, 9.17) is 0 Å². The molecule has 1 aliphatic rings. The maximum absolute atomic E-state index is 11.2. The largest absolute Gasteiger partial charge is 0.308 e. The second kappa shape index (κ2) is 5.49. The van der Waals surface area contributed by atoms with Gasteiger partial charge in [-0.1, -0.05) is 0 Å². The lowest BCUT2D eigenvalue weighted by atomic mass is 10.2. The molecule has 1 aliphatic heterocycles. The average molecular weight is 282 g/mol. The van der Waals surface area contributed by atoms with Crippen LogP contribution in [0.3, 0.4) is 0 Å². The Hall–Kier alpha value is -0.100. The van der Waals surface area contributed by atoms with Crippen molar-refractivity contribution in [3.8, 4) is 0 Å². The van der Waals surface area contributed by atoms with Crippen LogP contribution in [0.5, 0.6) is 0 Å². The first-order valence-electron chi connectivity index (χ1n) is 5.03. The third-order valence-corrected chi connectivity index (χ3v) is 5.54. The summed E-state index contributed by atoms with van der Waals surface area (Å²) in [6, 6.07) is 2.24. The SMILES string of the molecule is Cc1ccsc1CNC1CCS(=O)(=O)C1.Cl. The van der Waals surface area contributed by atoms with Crippen molar-refractivity contribution in [3.05, 3.63) is 21.9 Å². The van der Waals surface area contributed by atoms with E-state index < -0.39 is 9.84 Å². The summed E-state index contributed by atoms with van der Waals surface area (Å²) >= 11 is 1.72. The van der Waals surface area contributed by atoms with Crippen molar-refractivity contribution in [2.45, 2.75) is 25.9 Å². The van der Waals surface area contributed by atoms with E-state index in [9.17, 15) is 8.42 Å². The fraction of sp³-hybridized carbons (Fsp3) is 0.600. The second-order valence-corrected chi connectivity index (χ2v) is 7.24. The highest BCUT2D eigenvalue weighted by Gasteiger charge is 2.27. The van der Waals surface area contributed by atoms with Crippen LogP contribution in [0.1, 0.15) is 16.9 Å². The van der Waals surface area contributed by atoms with Crippen LogP contribution in [0.2, 0.25) is 0 Å². The second-order valence-electron chi connectivity index (χ2n) is 4.01. The van der Waals surface area contributed by atoms with E-state index in [1.807, 2.05) is 0 Å². The number of hydrogen-bond acceptors (Lipinski definition) is 4. The van der Waals surface area contributed by atoms with Crippen molar-refractivity contribution in [2.24, 2.45) is 0 Å². The summed E-state index contributed by atoms with van der Waals surface area (Å²) in [5.41, 5.74) is 1.29. The molecule has 0 radical (unpaired) electrons. The van der Waals surface area contributed by atoms with E-state index in [1.165, 1.54) is 10.4 Å². The Morgan fingerprint density at radius 3 is 2.81 bits per heavy atom. The number of hydrogen-bond donors (Lipinski definition) is 1. The third-order valence-electron chi connectivity index (χ3n) is 2.75. The molecule has 1 fully saturated rings. The van der Waals surface area contributed by atoms with Crippen LogP contribution in [0.4, 0.5) is 0 Å². The van der Waals surface area contributed by atoms with Gasteiger partial charge in [0, 0.05) is 17.5 Å². The molecule has 6 heteroatoms. The van der Waals surface area contributed by atoms with Crippen molar-refractivity contribution in [2.75, 3.05) is 11.5 Å². The van der Waals surface area contributed by atoms with E-state index in [0.717, 1.165) is 13.0 Å². The molecule has 0 saturated carbocycles. The standard InChI is InChI=1S/C10H15NO2S2.ClH/c1-8-2-4-14-10(8)6-11-9-3-5-15(12,13)7-9;/h2,4,9,11H,3,5-7H2,1H3;1H. The summed E-state index contributed by atoms with van der Waals surface area (Å²) in [7, 11) is -2.76. The van der Waals surface area contributed by atoms with Gasteiger partial charge in [-0.2, -0.15) is 0 Å². The van der Waals surface area contributed by atoms with Crippen LogP contribution < -0.4 is 5.32 Å². The Morgan fingerprint density at radius 2 is 2.31 bits per heavy atom. The zero-order valence-electron chi connectivity index (χ0n) is 9.10. The van der Waals surface area contributed by atoms with Crippen LogP contribution in [-0.4, -0.2) is 26.0 Å². The number of rotatable bonds is 3. The van der Waals surface area contributed by atoms with E-state index in [2.05, 4.69) is 23.7 Å². The van der Waals surface area contributed by atoms with Crippen molar-refractivity contribution in [1.82, 2.24) is 5.32 Å². The van der Waals surface area contributed by atoms with Gasteiger partial charge in [-0.3, -0.25) is 0 Å². The van der Waals surface area contributed by atoms with Gasteiger partial charge < -0.3 is 5.32 Å². The number of thiophene rings is 1. The van der Waals surface area contributed by atoms with Gasteiger partial charge in [0.2, 0.25) is 0 Å². The number of sulfone groups is 1. The minimum absolute atomic E-state index is 0. The predicted octanol–water partition coefficient (Wildman–Crippen LogP) is 1.76. The van der Waals surface area contributed by atoms with E-state index in [0.29, 0.717) is 11.5 Å². The Bertz CT molecular complexity index is 441. The molecule has 92 valence electrons. The Morgan fingerprint density at radius 1 is 1.56 bits per heavy atom. The maximum atomic E-state index is 11.2. The monoisotopic (exact) mass is 281 g/mol. The van der Waals surface area contributed by atoms with Gasteiger partial charge >= 0.3 is 0 Å². The molecule has 1 aromatic heterocycles. The molecule has 0 spiro atoms. The van der Waals surface area contributed by atoms with Crippen LogP contribution >= 0.6 is 23.7 Å². The Kier molecular flexibility index (Phi) is 4.79. The van der Waals surface area contributed by atoms with Crippen molar-refractivity contribution in [1.29, 1.82) is 0 Å². The van der Waals surface area contributed by atoms with Gasteiger partial charge in [-0.05, 0) is 30.4 Å². The molecule has 1 atom stereocenters. The minimum atomic E-state index is -2.76. The van der Waals surface area contributed by atoms with Crippen LogP contribution in [0.25, 0.3) is 0 Å². The van der Waals surface area contributed by atoms with Gasteiger partial charge in [0.15, 0.2) is 9.84 Å². The average Bonchev–Trinajstić information content (AvgIpc) is 2.69. The molecule has 2 heterocycles. The fourth-order valence-corrected chi connectivity index (χ4v) is 4.34. The molecule has 0 bridgehead atoms. The Labute approximate surface area is 107 Å². The quantitative estimate of drug-likeness (QED) is 0.918. The predicted molar refractivity (Wildman–Crippen MR) is 70.2 cm³/mol. The highest BCUT2D eigenvalue weighted by Crippen LogP contribution is 2.17. The zero-order valence-corrected chi connectivity index (χ0v) is 11.6. The molecule has 0 aromatic carbocycles. The molecular formula is C10H16ClNO2S2. The lowest BCUT2D eigenvalue weighted by Gasteiger charge is -2.09. The lowest BCUT2D eigenvalue weighted by Crippen LogP contribution is -2.29. The van der Waals surface area contributed by atoms with E-state index in [1.54, 1.807) is 11.3 Å². The summed E-state index contributed by atoms with van der Waals surface area (Å²) in [6.45, 7) is 2.88. The van der Waals surface area contributed by atoms with Gasteiger partial charge in [-0.15, -0.1) is 23.7 Å². The summed E-state index contributed by atoms with van der Waals surface area (Å²) in [5.74, 6) is 0.644. The van der Waals surface area contributed by atoms with Crippen LogP contribution in [0, 0.1) is 6.92 Å². The first-order valence-corrected chi connectivity index (χ1v) is 7.74. The first kappa shape index (κ1) is 14.0. The Balaban J connectivity index is 0.00000128. The van der Waals surface area contributed by atoms with Crippen molar-refractivity contribution >= 4 is 33.6 Å². The summed E-state index contributed by atoms with van der Waals surface area (Å²) < 4.78 is 22.5. The molecule has 16 heavy (non-hydrogen) atoms. The summed E-state index contributed by atoms with van der Waals surface area (Å²) in [4.78, 5) is 1.30. The molecular weight excluding hydrogens is 266 g/mol. The minimum Gasteiger partial charge on any atom is -0.308 e. The third kappa shape index (κ3) is 3.45. The fourth-order valence-electron chi connectivity index (χ4n) is 1.78. The number of aryl methyl sites for hydroxylation is 1. The zero-order chi connectivity index (χ0) is 10.9. The lowest BCUT2D eigenvalue weighted by molar-refractivity contribution is 0.556. The van der Waals surface area contributed by atoms with Gasteiger partial charge in [0.25, 0.3) is 0 Å². The van der Waals surface area contributed by atoms with Crippen molar-refractivity contribution < 1.29 is 8.42 Å². The molecule has 1 saturated heterocycles. The van der Waals surface area contributed by atoms with Crippen LogP contribution in [0.15, 0.2) is 11.4 Å². The molecule has 0 aliphatic carbocycles. The molecule has 0 amide bonds. The number of halogens is 1. The number of nitrogens with one attached hydrogen (secondary N) is 1. The molecule has 1 N–H and O–H groups in total. The molecule has 1 aromatic rings. The first-order chi connectivity index (χ1) is 7.07. The summed E-state index contributed by atoms with van der Waals surface area (Å²) in [6.07, 6.45) is 0.757. The summed E-state index contributed by atoms with van der Waals surface area (Å²) in [5, 5.41) is 5.38. The van der Waals surface area contributed by atoms with Gasteiger partial charge in [0.1, 0.15) is 0 Å². The molecule has 3 nitrogen and oxygen atoms in total. The molecule has 1 unspecified atom stereocenters. The van der Waals surface area contributed by atoms with Gasteiger partial charge in [-0.25, -0.2) is 8.42 Å². The smallest absolute Gasteiger partial charge is 0.151 e. The molecule has 2 rings (SSSR count). The van der Waals surface area contributed by atoms with Gasteiger partial charge in [0.05, 0.1) is 11.5 Å². The van der Waals surface area contributed by atoms with E-state index >= 15 is 0 Å². The highest BCUT2D eigenvalue weighted by molar-refractivity contribution is 7.91. The topological polar surface area (TPSA) is 46.2 Å². The normalized spacial score (nSPS) is 22.9. The van der Waals surface area contributed by atoms with E-state index in [-0.39, 0.29) is 18.4 Å². The maximum Gasteiger partial charge on any atom is 0.151 e. The van der Waals surface area contributed by atoms with Crippen LogP contribution in [-0.2, 0) is 16.4 Å².